The number of ether oxygens (including phenoxy) is 1. The molecule has 28 heavy (non-hydrogen) atoms. The predicted molar refractivity (Wildman–Crippen MR) is 113 cm³/mol. The number of carbonyl (C=O) groups is 1. The van der Waals surface area contributed by atoms with Crippen molar-refractivity contribution in [1.82, 2.24) is 4.90 Å². The lowest BCUT2D eigenvalue weighted by Crippen LogP contribution is -2.47. The lowest BCUT2D eigenvalue weighted by atomic mass is 10.2. The zero-order valence-corrected chi connectivity index (χ0v) is 16.7. The molecular weight excluding hydrogens is 354 g/mol. The molecule has 3 rings (SSSR count). The van der Waals surface area contributed by atoms with Crippen LogP contribution >= 0.6 is 0 Å². The molecule has 0 spiro atoms. The van der Waals surface area contributed by atoms with Gasteiger partial charge >= 0.3 is 6.09 Å². The van der Waals surface area contributed by atoms with Crippen molar-refractivity contribution in [3.05, 3.63) is 54.1 Å². The quantitative estimate of drug-likeness (QED) is 0.790. The highest BCUT2D eigenvalue weighted by molar-refractivity contribution is 5.88. The monoisotopic (exact) mass is 383 g/mol. The molecule has 1 aliphatic rings. The zero-order chi connectivity index (χ0) is 19.9. The van der Waals surface area contributed by atoms with Gasteiger partial charge in [-0.25, -0.2) is 4.79 Å². The fourth-order valence-electron chi connectivity index (χ4n) is 3.68. The molecule has 1 aliphatic heterocycles. The summed E-state index contributed by atoms with van der Waals surface area (Å²) in [4.78, 5) is 17.9. The fourth-order valence-corrected chi connectivity index (χ4v) is 3.68. The van der Waals surface area contributed by atoms with Gasteiger partial charge < -0.3 is 14.7 Å². The molecule has 0 bridgehead atoms. The van der Waals surface area contributed by atoms with Crippen LogP contribution in [0, 0.1) is 6.92 Å². The topological polar surface area (TPSA) is 56.2 Å². The number of hydrogen-bond acceptors (Lipinski definition) is 4. The van der Waals surface area contributed by atoms with Crippen LogP contribution in [-0.2, 0) is 0 Å². The van der Waals surface area contributed by atoms with E-state index in [-0.39, 0.29) is 0 Å². The summed E-state index contributed by atoms with van der Waals surface area (Å²) >= 11 is 0. The second kappa shape index (κ2) is 9.46. The second-order valence-electron chi connectivity index (χ2n) is 7.13. The maximum absolute atomic E-state index is 11.7. The van der Waals surface area contributed by atoms with Crippen molar-refractivity contribution in [3.8, 4) is 5.75 Å². The van der Waals surface area contributed by atoms with E-state index >= 15 is 0 Å². The minimum Gasteiger partial charge on any atom is -0.495 e. The van der Waals surface area contributed by atoms with Crippen molar-refractivity contribution in [2.75, 3.05) is 56.2 Å². The Labute approximate surface area is 166 Å². The van der Waals surface area contributed by atoms with Gasteiger partial charge in [-0.05, 0) is 49.7 Å². The molecule has 1 N–H and O–H groups in total. The van der Waals surface area contributed by atoms with Crippen molar-refractivity contribution in [1.29, 1.82) is 0 Å². The van der Waals surface area contributed by atoms with Crippen LogP contribution in [0.25, 0.3) is 0 Å². The number of hydrogen-bond donors (Lipinski definition) is 1. The summed E-state index contributed by atoms with van der Waals surface area (Å²) in [5.41, 5.74) is 3.17. The van der Waals surface area contributed by atoms with E-state index in [4.69, 9.17) is 4.74 Å². The van der Waals surface area contributed by atoms with Crippen LogP contribution < -0.4 is 14.5 Å². The lowest BCUT2D eigenvalue weighted by molar-refractivity contribution is 0.200. The third kappa shape index (κ3) is 4.95. The van der Waals surface area contributed by atoms with Crippen molar-refractivity contribution in [2.24, 2.45) is 0 Å². The summed E-state index contributed by atoms with van der Waals surface area (Å²) < 4.78 is 5.31. The van der Waals surface area contributed by atoms with Gasteiger partial charge in [-0.1, -0.05) is 24.3 Å². The van der Waals surface area contributed by atoms with Gasteiger partial charge in [0.25, 0.3) is 0 Å². The highest BCUT2D eigenvalue weighted by Gasteiger charge is 2.20. The molecule has 2 aromatic carbocycles. The van der Waals surface area contributed by atoms with Gasteiger partial charge in [0.15, 0.2) is 0 Å². The zero-order valence-electron chi connectivity index (χ0n) is 16.7. The fraction of sp³-hybridized carbons (Fsp3) is 0.409. The van der Waals surface area contributed by atoms with Crippen molar-refractivity contribution >= 4 is 17.5 Å². The first-order valence-electron chi connectivity index (χ1n) is 9.76. The van der Waals surface area contributed by atoms with E-state index in [1.54, 1.807) is 19.2 Å². The molecule has 0 aliphatic carbocycles. The first-order chi connectivity index (χ1) is 13.6. The Morgan fingerprint density at radius 1 is 1.11 bits per heavy atom. The Morgan fingerprint density at radius 3 is 2.54 bits per heavy atom. The summed E-state index contributed by atoms with van der Waals surface area (Å²) in [7, 11) is 1.56. The van der Waals surface area contributed by atoms with E-state index in [2.05, 4.69) is 41.0 Å². The molecule has 2 aromatic rings. The number of methoxy groups -OCH3 is 1. The number of anilines is 2. The number of carboxylic acid groups (broad SMARTS) is 1. The molecule has 0 atom stereocenters. The van der Waals surface area contributed by atoms with Gasteiger partial charge in [0.2, 0.25) is 0 Å². The largest absolute Gasteiger partial charge is 0.495 e. The third-order valence-electron chi connectivity index (χ3n) is 5.20. The van der Waals surface area contributed by atoms with Crippen molar-refractivity contribution < 1.29 is 14.6 Å². The van der Waals surface area contributed by atoms with E-state index in [1.807, 2.05) is 12.1 Å². The molecule has 6 nitrogen and oxygen atoms in total. The molecule has 0 saturated carbocycles. The smallest absolute Gasteiger partial charge is 0.411 e. The van der Waals surface area contributed by atoms with E-state index in [0.29, 0.717) is 18.0 Å². The average molecular weight is 383 g/mol. The molecule has 0 radical (unpaired) electrons. The highest BCUT2D eigenvalue weighted by Crippen LogP contribution is 2.28. The van der Waals surface area contributed by atoms with Crippen LogP contribution in [-0.4, -0.2) is 62.5 Å². The normalized spacial score (nSPS) is 14.7. The SMILES string of the molecule is COc1ccccc1N(CCCN1CCN(c2cccc(C)c2)CC1)C(=O)O. The van der Waals surface area contributed by atoms with Gasteiger partial charge in [-0.3, -0.25) is 9.80 Å². The summed E-state index contributed by atoms with van der Waals surface area (Å²) in [6.45, 7) is 7.45. The molecule has 150 valence electrons. The van der Waals surface area contributed by atoms with E-state index < -0.39 is 6.09 Å². The molecule has 6 heteroatoms. The van der Waals surface area contributed by atoms with E-state index in [1.165, 1.54) is 16.2 Å². The highest BCUT2D eigenvalue weighted by atomic mass is 16.5. The van der Waals surface area contributed by atoms with Crippen LogP contribution in [0.15, 0.2) is 48.5 Å². The maximum atomic E-state index is 11.7. The predicted octanol–water partition coefficient (Wildman–Crippen LogP) is 3.70. The van der Waals surface area contributed by atoms with E-state index in [9.17, 15) is 9.90 Å². The Balaban J connectivity index is 1.50. The van der Waals surface area contributed by atoms with Gasteiger partial charge in [0.05, 0.1) is 12.8 Å². The molecule has 1 saturated heterocycles. The van der Waals surface area contributed by atoms with Crippen LogP contribution in [0.3, 0.4) is 0 Å². The molecule has 1 heterocycles. The number of rotatable bonds is 7. The van der Waals surface area contributed by atoms with Crippen LogP contribution in [0.4, 0.5) is 16.2 Å². The van der Waals surface area contributed by atoms with E-state index in [0.717, 1.165) is 39.1 Å². The minimum atomic E-state index is -0.950. The second-order valence-corrected chi connectivity index (χ2v) is 7.13. The summed E-state index contributed by atoms with van der Waals surface area (Å²) in [5, 5.41) is 9.62. The Morgan fingerprint density at radius 2 is 1.86 bits per heavy atom. The number of benzene rings is 2. The number of amides is 1. The minimum absolute atomic E-state index is 0.452. The third-order valence-corrected chi connectivity index (χ3v) is 5.20. The Hall–Kier alpha value is -2.73. The molecular formula is C22H29N3O3. The maximum Gasteiger partial charge on any atom is 0.411 e. The first kappa shape index (κ1) is 20.0. The van der Waals surface area contributed by atoms with Gasteiger partial charge in [0.1, 0.15) is 5.75 Å². The van der Waals surface area contributed by atoms with Crippen molar-refractivity contribution in [2.45, 2.75) is 13.3 Å². The average Bonchev–Trinajstić information content (AvgIpc) is 2.71. The molecule has 0 aromatic heterocycles. The Bertz CT molecular complexity index is 788. The Kier molecular flexibility index (Phi) is 6.76. The first-order valence-corrected chi connectivity index (χ1v) is 9.76. The van der Waals surface area contributed by atoms with Gasteiger partial charge in [-0.2, -0.15) is 0 Å². The molecule has 1 amide bonds. The summed E-state index contributed by atoms with van der Waals surface area (Å²) in [6.07, 6.45) is -0.164. The molecule has 1 fully saturated rings. The van der Waals surface area contributed by atoms with Crippen LogP contribution in [0.5, 0.6) is 5.75 Å². The van der Waals surface area contributed by atoms with Gasteiger partial charge in [0, 0.05) is 38.4 Å². The van der Waals surface area contributed by atoms with Crippen LogP contribution in [0.2, 0.25) is 0 Å². The van der Waals surface area contributed by atoms with Gasteiger partial charge in [-0.15, -0.1) is 0 Å². The number of para-hydroxylation sites is 2. The molecule has 0 unspecified atom stereocenters. The lowest BCUT2D eigenvalue weighted by Gasteiger charge is -2.36. The number of piperazine rings is 1. The summed E-state index contributed by atoms with van der Waals surface area (Å²) in [5.74, 6) is 0.580. The van der Waals surface area contributed by atoms with Crippen LogP contribution in [0.1, 0.15) is 12.0 Å². The number of aryl methyl sites for hydroxylation is 1. The summed E-state index contributed by atoms with van der Waals surface area (Å²) in [6, 6.07) is 15.9. The van der Waals surface area contributed by atoms with Crippen molar-refractivity contribution in [3.63, 3.8) is 0 Å². The number of nitrogens with zero attached hydrogens (tertiary/aromatic N) is 3. The standard InChI is InChI=1S/C22H29N3O3/c1-18-7-5-8-19(17-18)24-15-13-23(14-16-24)11-6-12-25(22(26)27)20-9-3-4-10-21(20)28-2/h3-5,7-10,17H,6,11-16H2,1-2H3,(H,26,27).